The summed E-state index contributed by atoms with van der Waals surface area (Å²) < 4.78 is 2.05. The van der Waals surface area contributed by atoms with Gasteiger partial charge in [-0.25, -0.2) is 4.98 Å². The van der Waals surface area contributed by atoms with Crippen LogP contribution in [0.1, 0.15) is 36.2 Å². The van der Waals surface area contributed by atoms with Crippen LogP contribution < -0.4 is 10.6 Å². The molecule has 7 heteroatoms. The molecule has 0 aliphatic carbocycles. The van der Waals surface area contributed by atoms with Gasteiger partial charge >= 0.3 is 0 Å². The van der Waals surface area contributed by atoms with Crippen LogP contribution in [0, 0.1) is 19.8 Å². The van der Waals surface area contributed by atoms with Crippen LogP contribution in [0.3, 0.4) is 0 Å². The van der Waals surface area contributed by atoms with E-state index < -0.39 is 5.54 Å². The molecular formula is C22H27N5O2. The number of hydrogen-bond donors (Lipinski definition) is 2. The zero-order valence-electron chi connectivity index (χ0n) is 16.9. The molecule has 0 unspecified atom stereocenters. The van der Waals surface area contributed by atoms with Gasteiger partial charge in [0.1, 0.15) is 5.54 Å². The number of aromatic nitrogens is 2. The normalized spacial score (nSPS) is 27.9. The quantitative estimate of drug-likeness (QED) is 0.832. The number of aryl methyl sites for hydroxylation is 1. The SMILES string of the molecule is Cc1ncn(CCNC(=O)[C@@H]2C[C@H]3CCCN3[C@]23C(=O)Nc2ccccc23)c1C. The van der Waals surface area contributed by atoms with Gasteiger partial charge in [-0.05, 0) is 45.7 Å². The summed E-state index contributed by atoms with van der Waals surface area (Å²) in [4.78, 5) is 33.2. The average molecular weight is 393 g/mol. The Morgan fingerprint density at radius 3 is 2.97 bits per heavy atom. The smallest absolute Gasteiger partial charge is 0.250 e. The summed E-state index contributed by atoms with van der Waals surface area (Å²) in [6.07, 6.45) is 4.67. The van der Waals surface area contributed by atoms with Gasteiger partial charge < -0.3 is 15.2 Å². The maximum atomic E-state index is 13.3. The number of imidazole rings is 1. The predicted molar refractivity (Wildman–Crippen MR) is 109 cm³/mol. The van der Waals surface area contributed by atoms with E-state index in [4.69, 9.17) is 0 Å². The summed E-state index contributed by atoms with van der Waals surface area (Å²) in [5.41, 5.74) is 3.04. The summed E-state index contributed by atoms with van der Waals surface area (Å²) in [7, 11) is 0. The van der Waals surface area contributed by atoms with E-state index in [1.165, 1.54) is 0 Å². The number of fused-ring (bicyclic) bond motifs is 4. The van der Waals surface area contributed by atoms with E-state index in [0.717, 1.165) is 48.4 Å². The third kappa shape index (κ3) is 2.56. The Morgan fingerprint density at radius 1 is 1.34 bits per heavy atom. The van der Waals surface area contributed by atoms with Gasteiger partial charge in [0.25, 0.3) is 0 Å². The van der Waals surface area contributed by atoms with Crippen LogP contribution in [0.25, 0.3) is 0 Å². The average Bonchev–Trinajstić information content (AvgIpc) is 3.44. The lowest BCUT2D eigenvalue weighted by atomic mass is 9.78. The molecule has 0 radical (unpaired) electrons. The number of benzene rings is 1. The van der Waals surface area contributed by atoms with Crippen molar-refractivity contribution in [1.29, 1.82) is 0 Å². The molecule has 1 spiro atoms. The van der Waals surface area contributed by atoms with E-state index in [9.17, 15) is 9.59 Å². The Balaban J connectivity index is 1.41. The largest absolute Gasteiger partial charge is 0.354 e. The van der Waals surface area contributed by atoms with Crippen molar-refractivity contribution in [3.8, 4) is 0 Å². The lowest BCUT2D eigenvalue weighted by molar-refractivity contribution is -0.137. The Labute approximate surface area is 170 Å². The van der Waals surface area contributed by atoms with Gasteiger partial charge in [0.05, 0.1) is 17.9 Å². The van der Waals surface area contributed by atoms with Crippen LogP contribution in [0.15, 0.2) is 30.6 Å². The fourth-order valence-electron chi connectivity index (χ4n) is 5.57. The van der Waals surface area contributed by atoms with Crippen LogP contribution >= 0.6 is 0 Å². The van der Waals surface area contributed by atoms with Gasteiger partial charge in [-0.3, -0.25) is 14.5 Å². The second kappa shape index (κ2) is 6.69. The highest BCUT2D eigenvalue weighted by Gasteiger charge is 2.65. The van der Waals surface area contributed by atoms with Gasteiger partial charge in [-0.15, -0.1) is 0 Å². The summed E-state index contributed by atoms with van der Waals surface area (Å²) in [6.45, 7) is 6.08. The summed E-state index contributed by atoms with van der Waals surface area (Å²) >= 11 is 0. The Morgan fingerprint density at radius 2 is 2.17 bits per heavy atom. The maximum absolute atomic E-state index is 13.3. The third-order valence-electron chi connectivity index (χ3n) is 7.09. The molecule has 1 aromatic heterocycles. The van der Waals surface area contributed by atoms with E-state index in [0.29, 0.717) is 19.1 Å². The van der Waals surface area contributed by atoms with Gasteiger partial charge in [-0.1, -0.05) is 18.2 Å². The molecule has 0 bridgehead atoms. The summed E-state index contributed by atoms with van der Waals surface area (Å²) in [5, 5.41) is 6.15. The summed E-state index contributed by atoms with van der Waals surface area (Å²) in [6, 6.07) is 8.12. The van der Waals surface area contributed by atoms with Gasteiger partial charge in [0, 0.05) is 36.1 Å². The van der Waals surface area contributed by atoms with E-state index in [-0.39, 0.29) is 17.7 Å². The highest BCUT2D eigenvalue weighted by Crippen LogP contribution is 2.55. The molecule has 152 valence electrons. The van der Waals surface area contributed by atoms with Crippen LogP contribution in [0.4, 0.5) is 5.69 Å². The minimum Gasteiger partial charge on any atom is -0.354 e. The van der Waals surface area contributed by atoms with Crippen molar-refractivity contribution >= 4 is 17.5 Å². The van der Waals surface area contributed by atoms with Crippen LogP contribution in [0.5, 0.6) is 0 Å². The second-order valence-electron chi connectivity index (χ2n) is 8.44. The van der Waals surface area contributed by atoms with Crippen molar-refractivity contribution in [2.45, 2.75) is 51.2 Å². The Bertz CT molecular complexity index is 983. The van der Waals surface area contributed by atoms with E-state index in [1.807, 2.05) is 44.4 Å². The predicted octanol–water partition coefficient (Wildman–Crippen LogP) is 1.95. The molecular weight excluding hydrogens is 366 g/mol. The number of nitrogens with zero attached hydrogens (tertiary/aromatic N) is 3. The first-order valence-electron chi connectivity index (χ1n) is 10.5. The molecule has 3 aliphatic rings. The molecule has 29 heavy (non-hydrogen) atoms. The number of nitrogens with one attached hydrogen (secondary N) is 2. The first kappa shape index (κ1) is 18.4. The number of carbonyl (C=O) groups is 2. The maximum Gasteiger partial charge on any atom is 0.250 e. The number of carbonyl (C=O) groups excluding carboxylic acids is 2. The highest BCUT2D eigenvalue weighted by atomic mass is 16.2. The Kier molecular flexibility index (Phi) is 4.24. The first-order valence-corrected chi connectivity index (χ1v) is 10.5. The van der Waals surface area contributed by atoms with E-state index >= 15 is 0 Å². The van der Waals surface area contributed by atoms with Gasteiger partial charge in [0.15, 0.2) is 0 Å². The van der Waals surface area contributed by atoms with Crippen molar-refractivity contribution in [3.63, 3.8) is 0 Å². The monoisotopic (exact) mass is 393 g/mol. The number of anilines is 1. The van der Waals surface area contributed by atoms with Crippen molar-refractivity contribution in [2.75, 3.05) is 18.4 Å². The lowest BCUT2D eigenvalue weighted by Gasteiger charge is -2.36. The molecule has 2 aromatic rings. The minimum atomic E-state index is -0.872. The van der Waals surface area contributed by atoms with E-state index in [2.05, 4.69) is 25.1 Å². The topological polar surface area (TPSA) is 79.3 Å². The van der Waals surface area contributed by atoms with Crippen LogP contribution in [-0.4, -0.2) is 45.4 Å². The minimum absolute atomic E-state index is 0.0271. The van der Waals surface area contributed by atoms with Crippen molar-refractivity contribution in [3.05, 3.63) is 47.5 Å². The summed E-state index contributed by atoms with van der Waals surface area (Å²) in [5.74, 6) is -0.452. The van der Waals surface area contributed by atoms with Gasteiger partial charge in [0.2, 0.25) is 11.8 Å². The number of hydrogen-bond acceptors (Lipinski definition) is 4. The van der Waals surface area contributed by atoms with Crippen molar-refractivity contribution < 1.29 is 9.59 Å². The number of para-hydroxylation sites is 1. The molecule has 3 aliphatic heterocycles. The molecule has 1 aromatic carbocycles. The molecule has 2 fully saturated rings. The van der Waals surface area contributed by atoms with Crippen LogP contribution in [-0.2, 0) is 21.7 Å². The van der Waals surface area contributed by atoms with Gasteiger partial charge in [-0.2, -0.15) is 0 Å². The van der Waals surface area contributed by atoms with E-state index in [1.54, 1.807) is 0 Å². The fourth-order valence-corrected chi connectivity index (χ4v) is 5.57. The molecule has 0 saturated carbocycles. The highest BCUT2D eigenvalue weighted by molar-refractivity contribution is 6.09. The molecule has 5 rings (SSSR count). The molecule has 4 heterocycles. The third-order valence-corrected chi connectivity index (χ3v) is 7.09. The fraction of sp³-hybridized carbons (Fsp3) is 0.500. The molecule has 2 N–H and O–H groups in total. The Hall–Kier alpha value is -2.67. The zero-order valence-corrected chi connectivity index (χ0v) is 16.9. The lowest BCUT2D eigenvalue weighted by Crippen LogP contribution is -2.54. The molecule has 7 nitrogen and oxygen atoms in total. The van der Waals surface area contributed by atoms with Crippen LogP contribution in [0.2, 0.25) is 0 Å². The van der Waals surface area contributed by atoms with Crippen molar-refractivity contribution in [2.24, 2.45) is 5.92 Å². The second-order valence-corrected chi connectivity index (χ2v) is 8.44. The molecule has 2 amide bonds. The zero-order chi connectivity index (χ0) is 20.2. The standard InChI is InChI=1S/C22H27N5O2/c1-14-15(2)26(13-24-14)11-9-23-20(28)18-12-16-6-5-10-27(16)22(18)17-7-3-4-8-19(17)25-21(22)29/h3-4,7-8,13,16,18H,5-6,9-12H2,1-2H3,(H,23,28)(H,25,29)/t16-,18+,22+/m1/s1. The van der Waals surface area contributed by atoms with Crippen molar-refractivity contribution in [1.82, 2.24) is 19.8 Å². The number of amides is 2. The molecule has 2 saturated heterocycles. The first-order chi connectivity index (χ1) is 14.0. The molecule has 3 atom stereocenters. The number of rotatable bonds is 4.